The van der Waals surface area contributed by atoms with Crippen molar-refractivity contribution in [2.24, 2.45) is 0 Å². The highest BCUT2D eigenvalue weighted by Gasteiger charge is 2.31. The van der Waals surface area contributed by atoms with E-state index in [1.165, 1.54) is 11.3 Å². The number of aryl methyl sites for hydroxylation is 1. The van der Waals surface area contributed by atoms with Crippen LogP contribution in [0.15, 0.2) is 24.3 Å². The fraction of sp³-hybridized carbons (Fsp3) is 0.600. The lowest BCUT2D eigenvalue weighted by atomic mass is 10.1. The number of ether oxygens (including phenoxy) is 1. The Bertz CT molecular complexity index is 356. The van der Waals surface area contributed by atoms with Gasteiger partial charge in [-0.3, -0.25) is 0 Å². The molecule has 0 aliphatic carbocycles. The van der Waals surface area contributed by atoms with Gasteiger partial charge in [-0.2, -0.15) is 0 Å². The third kappa shape index (κ3) is 3.47. The van der Waals surface area contributed by atoms with Crippen LogP contribution in [0.25, 0.3) is 0 Å². The van der Waals surface area contributed by atoms with Crippen molar-refractivity contribution in [1.29, 1.82) is 0 Å². The monoisotopic (exact) mass is 233 g/mol. The molecule has 94 valence electrons. The fourth-order valence-electron chi connectivity index (χ4n) is 2.31. The Kier molecular flexibility index (Phi) is 3.72. The minimum absolute atomic E-state index is 0.0679. The van der Waals surface area contributed by atoms with Crippen LogP contribution in [0.1, 0.15) is 39.2 Å². The van der Waals surface area contributed by atoms with Crippen molar-refractivity contribution in [2.75, 3.05) is 11.9 Å². The van der Waals surface area contributed by atoms with E-state index in [1.807, 2.05) is 0 Å². The Morgan fingerprint density at radius 3 is 2.53 bits per heavy atom. The van der Waals surface area contributed by atoms with Crippen molar-refractivity contribution in [3.05, 3.63) is 29.8 Å². The molecule has 17 heavy (non-hydrogen) atoms. The summed E-state index contributed by atoms with van der Waals surface area (Å²) in [6.07, 6.45) is 3.78. The van der Waals surface area contributed by atoms with Gasteiger partial charge in [0.1, 0.15) is 0 Å². The van der Waals surface area contributed by atoms with Crippen LogP contribution in [0.4, 0.5) is 5.69 Å². The van der Waals surface area contributed by atoms with Gasteiger partial charge in [-0.25, -0.2) is 0 Å². The Hall–Kier alpha value is -1.02. The molecule has 1 N–H and O–H groups in total. The van der Waals surface area contributed by atoms with E-state index < -0.39 is 0 Å². The van der Waals surface area contributed by atoms with Gasteiger partial charge in [0.2, 0.25) is 0 Å². The van der Waals surface area contributed by atoms with Gasteiger partial charge in [-0.15, -0.1) is 0 Å². The molecule has 1 aliphatic rings. The normalized spacial score (nSPS) is 22.6. The number of hydrogen-bond donors (Lipinski definition) is 1. The summed E-state index contributed by atoms with van der Waals surface area (Å²) in [5.41, 5.74) is 2.64. The van der Waals surface area contributed by atoms with Crippen molar-refractivity contribution in [3.8, 4) is 0 Å². The summed E-state index contributed by atoms with van der Waals surface area (Å²) in [6.45, 7) is 7.43. The number of hydrogen-bond acceptors (Lipinski definition) is 2. The van der Waals surface area contributed by atoms with Crippen molar-refractivity contribution in [2.45, 2.75) is 51.7 Å². The molecule has 2 heteroatoms. The van der Waals surface area contributed by atoms with E-state index in [9.17, 15) is 0 Å². The quantitative estimate of drug-likeness (QED) is 0.857. The van der Waals surface area contributed by atoms with Crippen LogP contribution in [-0.4, -0.2) is 18.2 Å². The van der Waals surface area contributed by atoms with Gasteiger partial charge < -0.3 is 10.1 Å². The maximum atomic E-state index is 5.95. The topological polar surface area (TPSA) is 21.3 Å². The summed E-state index contributed by atoms with van der Waals surface area (Å²) < 4.78 is 5.95. The average Bonchev–Trinajstić information content (AvgIpc) is 2.67. The maximum absolute atomic E-state index is 5.95. The Morgan fingerprint density at radius 1 is 1.29 bits per heavy atom. The predicted molar refractivity (Wildman–Crippen MR) is 72.5 cm³/mol. The molecule has 1 aliphatic heterocycles. The first-order chi connectivity index (χ1) is 8.09. The third-order valence-electron chi connectivity index (χ3n) is 3.45. The van der Waals surface area contributed by atoms with Crippen molar-refractivity contribution in [3.63, 3.8) is 0 Å². The van der Waals surface area contributed by atoms with Crippen LogP contribution in [0.2, 0.25) is 0 Å². The Balaban J connectivity index is 1.82. The minimum Gasteiger partial charge on any atom is -0.382 e. The van der Waals surface area contributed by atoms with Gasteiger partial charge in [0, 0.05) is 12.2 Å². The molecule has 1 atom stereocenters. The fourth-order valence-corrected chi connectivity index (χ4v) is 2.31. The second-order valence-corrected chi connectivity index (χ2v) is 5.47. The molecule has 0 saturated carbocycles. The van der Waals surface area contributed by atoms with E-state index >= 15 is 0 Å². The molecule has 1 aromatic carbocycles. The van der Waals surface area contributed by atoms with Crippen LogP contribution >= 0.6 is 0 Å². The van der Waals surface area contributed by atoms with Gasteiger partial charge in [0.15, 0.2) is 0 Å². The minimum atomic E-state index is 0.0679. The summed E-state index contributed by atoms with van der Waals surface area (Å²) in [5.74, 6) is 0. The van der Waals surface area contributed by atoms with Gasteiger partial charge in [0.05, 0.1) is 11.7 Å². The van der Waals surface area contributed by atoms with E-state index in [4.69, 9.17) is 4.74 Å². The summed E-state index contributed by atoms with van der Waals surface area (Å²) in [4.78, 5) is 0. The molecule has 2 rings (SSSR count). The molecule has 0 bridgehead atoms. The van der Waals surface area contributed by atoms with Gasteiger partial charge in [-0.1, -0.05) is 19.1 Å². The summed E-state index contributed by atoms with van der Waals surface area (Å²) in [5, 5.41) is 3.45. The van der Waals surface area contributed by atoms with Gasteiger partial charge in [0.25, 0.3) is 0 Å². The van der Waals surface area contributed by atoms with Crippen molar-refractivity contribution < 1.29 is 4.74 Å². The highest BCUT2D eigenvalue weighted by Crippen LogP contribution is 2.29. The zero-order chi connectivity index (χ0) is 12.3. The zero-order valence-corrected chi connectivity index (χ0v) is 11.1. The number of nitrogens with one attached hydrogen (secondary N) is 1. The average molecular weight is 233 g/mol. The van der Waals surface area contributed by atoms with Crippen LogP contribution in [0, 0.1) is 0 Å². The summed E-state index contributed by atoms with van der Waals surface area (Å²) >= 11 is 0. The molecule has 1 heterocycles. The predicted octanol–water partition coefficient (Wildman–Crippen LogP) is 3.62. The van der Waals surface area contributed by atoms with E-state index in [0.717, 1.165) is 25.8 Å². The lowest BCUT2D eigenvalue weighted by Gasteiger charge is -2.19. The molecule has 1 fully saturated rings. The first kappa shape index (κ1) is 12.4. The van der Waals surface area contributed by atoms with E-state index in [2.05, 4.69) is 50.4 Å². The first-order valence-electron chi connectivity index (χ1n) is 6.60. The molecule has 0 aromatic heterocycles. The third-order valence-corrected chi connectivity index (χ3v) is 3.45. The number of rotatable bonds is 4. The van der Waals surface area contributed by atoms with Gasteiger partial charge >= 0.3 is 0 Å². The second-order valence-electron chi connectivity index (χ2n) is 5.47. The highest BCUT2D eigenvalue weighted by molar-refractivity contribution is 5.44. The van der Waals surface area contributed by atoms with Gasteiger partial charge in [-0.05, 0) is 50.8 Å². The van der Waals surface area contributed by atoms with E-state index in [0.29, 0.717) is 6.10 Å². The van der Waals surface area contributed by atoms with Crippen LogP contribution in [0.3, 0.4) is 0 Å². The number of benzene rings is 1. The smallest absolute Gasteiger partial charge is 0.0755 e. The van der Waals surface area contributed by atoms with E-state index in [-0.39, 0.29) is 5.60 Å². The maximum Gasteiger partial charge on any atom is 0.0755 e. The molecule has 1 saturated heterocycles. The van der Waals surface area contributed by atoms with Crippen LogP contribution in [0.5, 0.6) is 0 Å². The lowest BCUT2D eigenvalue weighted by molar-refractivity contribution is -0.00910. The SMILES string of the molecule is CCc1ccc(NCC2CCC(C)(C)O2)cc1. The first-order valence-corrected chi connectivity index (χ1v) is 6.60. The molecule has 0 amide bonds. The van der Waals surface area contributed by atoms with Crippen LogP contribution < -0.4 is 5.32 Å². The molecule has 0 spiro atoms. The summed E-state index contributed by atoms with van der Waals surface area (Å²) in [7, 11) is 0. The van der Waals surface area contributed by atoms with Crippen molar-refractivity contribution >= 4 is 5.69 Å². The largest absolute Gasteiger partial charge is 0.382 e. The summed E-state index contributed by atoms with van der Waals surface area (Å²) in [6, 6.07) is 8.67. The molecule has 2 nitrogen and oxygen atoms in total. The Morgan fingerprint density at radius 2 is 2.00 bits per heavy atom. The van der Waals surface area contributed by atoms with Crippen LogP contribution in [-0.2, 0) is 11.2 Å². The highest BCUT2D eigenvalue weighted by atomic mass is 16.5. The van der Waals surface area contributed by atoms with E-state index in [1.54, 1.807) is 0 Å². The molecular formula is C15H23NO. The standard InChI is InChI=1S/C15H23NO/c1-4-12-5-7-13(8-6-12)16-11-14-9-10-15(2,3)17-14/h5-8,14,16H,4,9-11H2,1-3H3. The molecule has 1 unspecified atom stereocenters. The lowest BCUT2D eigenvalue weighted by Crippen LogP contribution is -2.24. The molecule has 1 aromatic rings. The Labute approximate surface area is 104 Å². The molecule has 0 radical (unpaired) electrons. The second kappa shape index (κ2) is 5.09. The molecular weight excluding hydrogens is 210 g/mol. The number of anilines is 1. The zero-order valence-electron chi connectivity index (χ0n) is 11.1. The van der Waals surface area contributed by atoms with Crippen molar-refractivity contribution in [1.82, 2.24) is 0 Å².